The van der Waals surface area contributed by atoms with Gasteiger partial charge < -0.3 is 14.6 Å². The zero-order valence-corrected chi connectivity index (χ0v) is 14.7. The summed E-state index contributed by atoms with van der Waals surface area (Å²) in [7, 11) is 3.25. The monoisotopic (exact) mass is 327 g/mol. The van der Waals surface area contributed by atoms with Gasteiger partial charge in [-0.2, -0.15) is 0 Å². The Balaban J connectivity index is 1.98. The molecule has 0 aliphatic carbocycles. The predicted molar refractivity (Wildman–Crippen MR) is 94.3 cm³/mol. The Hall–Kier alpha value is -2.04. The Bertz CT molecular complexity index is 712. The highest BCUT2D eigenvalue weighted by Crippen LogP contribution is 2.43. The minimum atomic E-state index is -0.593. The average Bonchev–Trinajstić information content (AvgIpc) is 2.59. The lowest BCUT2D eigenvalue weighted by atomic mass is 9.82. The van der Waals surface area contributed by atoms with Crippen LogP contribution in [0.5, 0.6) is 11.5 Å². The van der Waals surface area contributed by atoms with E-state index < -0.39 is 6.10 Å². The predicted octanol–water partition coefficient (Wildman–Crippen LogP) is 3.53. The van der Waals surface area contributed by atoms with E-state index in [1.54, 1.807) is 14.2 Å². The third-order valence-corrected chi connectivity index (χ3v) is 5.00. The molecule has 0 fully saturated rings. The van der Waals surface area contributed by atoms with Crippen molar-refractivity contribution in [1.29, 1.82) is 0 Å². The first kappa shape index (κ1) is 16.8. The summed E-state index contributed by atoms with van der Waals surface area (Å²) in [4.78, 5) is 2.31. The summed E-state index contributed by atoms with van der Waals surface area (Å²) in [5.41, 5.74) is 2.86. The van der Waals surface area contributed by atoms with Gasteiger partial charge in [-0.15, -0.1) is 0 Å². The van der Waals surface area contributed by atoms with Gasteiger partial charge in [0.2, 0.25) is 0 Å². The van der Waals surface area contributed by atoms with Crippen molar-refractivity contribution < 1.29 is 14.6 Å². The molecule has 0 spiro atoms. The van der Waals surface area contributed by atoms with Gasteiger partial charge in [-0.1, -0.05) is 30.3 Å². The van der Waals surface area contributed by atoms with E-state index in [4.69, 9.17) is 9.47 Å². The molecule has 1 N–H and O–H groups in total. The van der Waals surface area contributed by atoms with E-state index in [9.17, 15) is 5.11 Å². The van der Waals surface area contributed by atoms with Crippen molar-refractivity contribution in [3.63, 3.8) is 0 Å². The molecule has 24 heavy (non-hydrogen) atoms. The normalized spacial score (nSPS) is 19.6. The van der Waals surface area contributed by atoms with Gasteiger partial charge >= 0.3 is 0 Å². The molecule has 0 saturated carbocycles. The Labute approximate surface area is 143 Å². The highest BCUT2D eigenvalue weighted by atomic mass is 16.5. The number of hydrogen-bond acceptors (Lipinski definition) is 4. The lowest BCUT2D eigenvalue weighted by Gasteiger charge is -2.47. The molecule has 4 nitrogen and oxygen atoms in total. The molecule has 1 unspecified atom stereocenters. The Morgan fingerprint density at radius 2 is 1.71 bits per heavy atom. The first-order valence-electron chi connectivity index (χ1n) is 8.19. The minimum absolute atomic E-state index is 0.373. The van der Waals surface area contributed by atoms with Crippen molar-refractivity contribution in [3.8, 4) is 11.5 Å². The van der Waals surface area contributed by atoms with Crippen molar-refractivity contribution in [3.05, 3.63) is 59.2 Å². The maximum Gasteiger partial charge on any atom is 0.161 e. The van der Waals surface area contributed by atoms with E-state index in [0.717, 1.165) is 24.2 Å². The number of ether oxygens (including phenoxy) is 2. The first-order valence-corrected chi connectivity index (χ1v) is 8.19. The van der Waals surface area contributed by atoms with Crippen LogP contribution >= 0.6 is 0 Å². The van der Waals surface area contributed by atoms with E-state index in [2.05, 4.69) is 30.9 Å². The molecule has 4 heteroatoms. The summed E-state index contributed by atoms with van der Waals surface area (Å²) >= 11 is 0. The zero-order chi connectivity index (χ0) is 17.3. The van der Waals surface area contributed by atoms with Gasteiger partial charge in [0, 0.05) is 18.6 Å². The fraction of sp³-hybridized carbons (Fsp3) is 0.400. The largest absolute Gasteiger partial charge is 0.493 e. The summed E-state index contributed by atoms with van der Waals surface area (Å²) in [6.45, 7) is 5.72. The summed E-state index contributed by atoms with van der Waals surface area (Å²) in [5, 5.41) is 11.0. The standard InChI is InChI=1S/C20H25NO3/c1-20(2)19(22)16-11-18(24-4)17(23-3)10-15(16)13-21(20)12-14-8-6-5-7-9-14/h5-11,19,22H,12-13H2,1-4H3. The van der Waals surface area contributed by atoms with Gasteiger partial charge in [0.15, 0.2) is 11.5 Å². The van der Waals surface area contributed by atoms with Gasteiger partial charge in [0.25, 0.3) is 0 Å². The van der Waals surface area contributed by atoms with Crippen LogP contribution in [-0.2, 0) is 13.1 Å². The van der Waals surface area contributed by atoms with Crippen LogP contribution in [0.2, 0.25) is 0 Å². The number of hydrogen-bond donors (Lipinski definition) is 1. The highest BCUT2D eigenvalue weighted by molar-refractivity contribution is 5.49. The van der Waals surface area contributed by atoms with Crippen LogP contribution in [0.15, 0.2) is 42.5 Å². The summed E-state index contributed by atoms with van der Waals surface area (Å²) < 4.78 is 10.8. The van der Waals surface area contributed by atoms with Crippen molar-refractivity contribution >= 4 is 0 Å². The third kappa shape index (κ3) is 2.87. The molecule has 3 rings (SSSR count). The quantitative estimate of drug-likeness (QED) is 0.933. The molecule has 1 aliphatic heterocycles. The highest BCUT2D eigenvalue weighted by Gasteiger charge is 2.41. The Kier molecular flexibility index (Phi) is 4.52. The number of aliphatic hydroxyl groups excluding tert-OH is 1. The lowest BCUT2D eigenvalue weighted by Crippen LogP contribution is -2.50. The fourth-order valence-corrected chi connectivity index (χ4v) is 3.35. The number of benzene rings is 2. The summed E-state index contributed by atoms with van der Waals surface area (Å²) in [6.07, 6.45) is -0.593. The van der Waals surface area contributed by atoms with Crippen LogP contribution in [-0.4, -0.2) is 29.8 Å². The number of nitrogens with zero attached hydrogens (tertiary/aromatic N) is 1. The smallest absolute Gasteiger partial charge is 0.161 e. The molecule has 2 aromatic carbocycles. The van der Waals surface area contributed by atoms with Gasteiger partial charge in [-0.05, 0) is 42.7 Å². The topological polar surface area (TPSA) is 41.9 Å². The van der Waals surface area contributed by atoms with Crippen LogP contribution in [0, 0.1) is 0 Å². The second-order valence-electron chi connectivity index (χ2n) is 6.80. The van der Waals surface area contributed by atoms with Crippen molar-refractivity contribution in [2.45, 2.75) is 38.6 Å². The van der Waals surface area contributed by atoms with E-state index in [1.807, 2.05) is 30.3 Å². The van der Waals surface area contributed by atoms with Crippen LogP contribution in [0.1, 0.15) is 36.6 Å². The van der Waals surface area contributed by atoms with Gasteiger partial charge in [0.05, 0.1) is 20.3 Å². The van der Waals surface area contributed by atoms with Crippen LogP contribution in [0.3, 0.4) is 0 Å². The summed E-state index contributed by atoms with van der Waals surface area (Å²) in [5.74, 6) is 1.35. The second kappa shape index (κ2) is 6.46. The summed E-state index contributed by atoms with van der Waals surface area (Å²) in [6, 6.07) is 14.2. The zero-order valence-electron chi connectivity index (χ0n) is 14.7. The van der Waals surface area contributed by atoms with Crippen LogP contribution < -0.4 is 9.47 Å². The lowest BCUT2D eigenvalue weighted by molar-refractivity contribution is -0.0358. The second-order valence-corrected chi connectivity index (χ2v) is 6.80. The fourth-order valence-electron chi connectivity index (χ4n) is 3.35. The van der Waals surface area contributed by atoms with Crippen molar-refractivity contribution in [1.82, 2.24) is 4.90 Å². The number of fused-ring (bicyclic) bond motifs is 1. The average molecular weight is 327 g/mol. The van der Waals surface area contributed by atoms with Crippen molar-refractivity contribution in [2.24, 2.45) is 0 Å². The molecule has 1 atom stereocenters. The van der Waals surface area contributed by atoms with E-state index in [-0.39, 0.29) is 5.54 Å². The van der Waals surface area contributed by atoms with Gasteiger partial charge in [0.1, 0.15) is 0 Å². The molecule has 1 heterocycles. The van der Waals surface area contributed by atoms with E-state index in [0.29, 0.717) is 11.5 Å². The SMILES string of the molecule is COc1cc2c(cc1OC)C(O)C(C)(C)N(Cc1ccccc1)C2. The Morgan fingerprint density at radius 3 is 2.33 bits per heavy atom. The third-order valence-electron chi connectivity index (χ3n) is 5.00. The molecule has 0 amide bonds. The minimum Gasteiger partial charge on any atom is -0.493 e. The molecule has 0 aromatic heterocycles. The van der Waals surface area contributed by atoms with Gasteiger partial charge in [-0.3, -0.25) is 4.90 Å². The van der Waals surface area contributed by atoms with Crippen LogP contribution in [0.25, 0.3) is 0 Å². The molecule has 1 aliphatic rings. The number of methoxy groups -OCH3 is 2. The Morgan fingerprint density at radius 1 is 1.08 bits per heavy atom. The molecule has 2 aromatic rings. The number of rotatable bonds is 4. The van der Waals surface area contributed by atoms with Crippen LogP contribution in [0.4, 0.5) is 0 Å². The maximum absolute atomic E-state index is 11.0. The van der Waals surface area contributed by atoms with Gasteiger partial charge in [-0.25, -0.2) is 0 Å². The van der Waals surface area contributed by atoms with E-state index >= 15 is 0 Å². The van der Waals surface area contributed by atoms with Crippen molar-refractivity contribution in [2.75, 3.05) is 14.2 Å². The molecular formula is C20H25NO3. The molecule has 128 valence electrons. The maximum atomic E-state index is 11.0. The van der Waals surface area contributed by atoms with E-state index in [1.165, 1.54) is 5.56 Å². The first-order chi connectivity index (χ1) is 11.5. The molecule has 0 radical (unpaired) electrons. The molecule has 0 bridgehead atoms. The number of aliphatic hydroxyl groups is 1. The molecule has 0 saturated heterocycles. The molecular weight excluding hydrogens is 302 g/mol.